The Morgan fingerprint density at radius 3 is 2.90 bits per heavy atom. The smallest absolute Gasteiger partial charge is 0.0616 e. The number of hydrogen-bond acceptors (Lipinski definition) is 4. The third-order valence-electron chi connectivity index (χ3n) is 5.57. The minimum atomic E-state index is -0.00350. The first kappa shape index (κ1) is 17.2. The lowest BCUT2D eigenvalue weighted by Gasteiger charge is -2.37. The standard InChI is InChI=1S/C17H34N2O2/c1-3-18-17(14-20)9-4-7-16(17)8-11-19-10-5-6-15(12-19)13-21-2/h15-16,18,20H,3-14H2,1-2H3. The Labute approximate surface area is 130 Å². The van der Waals surface area contributed by atoms with Crippen molar-refractivity contribution >= 4 is 0 Å². The van der Waals surface area contributed by atoms with Crippen LogP contribution in [0.15, 0.2) is 0 Å². The fourth-order valence-corrected chi connectivity index (χ4v) is 4.48. The number of methoxy groups -OCH3 is 1. The summed E-state index contributed by atoms with van der Waals surface area (Å²) in [5, 5.41) is 13.5. The topological polar surface area (TPSA) is 44.7 Å². The highest BCUT2D eigenvalue weighted by atomic mass is 16.5. The number of rotatable bonds is 8. The van der Waals surface area contributed by atoms with Crippen LogP contribution in [-0.2, 0) is 4.74 Å². The lowest BCUT2D eigenvalue weighted by atomic mass is 9.84. The average Bonchev–Trinajstić information content (AvgIpc) is 2.90. The molecule has 1 aliphatic heterocycles. The minimum absolute atomic E-state index is 0.00350. The zero-order chi connectivity index (χ0) is 15.1. The zero-order valence-corrected chi connectivity index (χ0v) is 13.9. The fraction of sp³-hybridized carbons (Fsp3) is 1.00. The molecule has 0 radical (unpaired) electrons. The third kappa shape index (κ3) is 4.41. The van der Waals surface area contributed by atoms with Crippen molar-refractivity contribution in [2.45, 2.75) is 51.0 Å². The summed E-state index contributed by atoms with van der Waals surface area (Å²) in [5.74, 6) is 1.34. The second-order valence-electron chi connectivity index (χ2n) is 6.99. The summed E-state index contributed by atoms with van der Waals surface area (Å²) in [5.41, 5.74) is -0.00350. The van der Waals surface area contributed by atoms with E-state index < -0.39 is 0 Å². The van der Waals surface area contributed by atoms with Crippen LogP contribution in [0.5, 0.6) is 0 Å². The number of nitrogens with one attached hydrogen (secondary N) is 1. The van der Waals surface area contributed by atoms with Gasteiger partial charge in [0.1, 0.15) is 0 Å². The molecule has 1 saturated carbocycles. The molecule has 0 amide bonds. The van der Waals surface area contributed by atoms with E-state index in [0.717, 1.165) is 19.6 Å². The van der Waals surface area contributed by atoms with Gasteiger partial charge in [0.15, 0.2) is 0 Å². The van der Waals surface area contributed by atoms with E-state index >= 15 is 0 Å². The van der Waals surface area contributed by atoms with Gasteiger partial charge in [-0.1, -0.05) is 13.3 Å². The van der Waals surface area contributed by atoms with Crippen molar-refractivity contribution in [1.82, 2.24) is 10.2 Å². The van der Waals surface area contributed by atoms with Gasteiger partial charge in [0, 0.05) is 19.2 Å². The molecule has 0 spiro atoms. The van der Waals surface area contributed by atoms with Crippen molar-refractivity contribution in [2.75, 3.05) is 46.5 Å². The molecular formula is C17H34N2O2. The summed E-state index contributed by atoms with van der Waals surface area (Å²) >= 11 is 0. The summed E-state index contributed by atoms with van der Waals surface area (Å²) < 4.78 is 5.32. The van der Waals surface area contributed by atoms with Crippen molar-refractivity contribution < 1.29 is 9.84 Å². The Bertz CT molecular complexity index is 299. The summed E-state index contributed by atoms with van der Waals surface area (Å²) in [6.45, 7) is 7.89. The first-order valence-corrected chi connectivity index (χ1v) is 8.81. The molecule has 4 heteroatoms. The molecule has 1 heterocycles. The second kappa shape index (κ2) is 8.47. The highest BCUT2D eigenvalue weighted by molar-refractivity contribution is 4.99. The summed E-state index contributed by atoms with van der Waals surface area (Å²) in [6.07, 6.45) is 7.48. The molecule has 21 heavy (non-hydrogen) atoms. The molecule has 0 aromatic carbocycles. The van der Waals surface area contributed by atoms with Gasteiger partial charge in [0.2, 0.25) is 0 Å². The monoisotopic (exact) mass is 298 g/mol. The molecule has 2 rings (SSSR count). The van der Waals surface area contributed by atoms with Crippen molar-refractivity contribution in [3.63, 3.8) is 0 Å². The van der Waals surface area contributed by atoms with Gasteiger partial charge in [-0.2, -0.15) is 0 Å². The number of nitrogens with zero attached hydrogens (tertiary/aromatic N) is 1. The maximum absolute atomic E-state index is 9.87. The van der Waals surface area contributed by atoms with Crippen LogP contribution < -0.4 is 5.32 Å². The molecule has 0 aromatic rings. The molecule has 2 aliphatic rings. The van der Waals surface area contributed by atoms with Crippen LogP contribution in [0.1, 0.15) is 45.4 Å². The molecule has 1 aliphatic carbocycles. The molecule has 1 saturated heterocycles. The van der Waals surface area contributed by atoms with Crippen LogP contribution in [0, 0.1) is 11.8 Å². The number of aliphatic hydroxyl groups is 1. The normalized spacial score (nSPS) is 34.4. The molecule has 3 unspecified atom stereocenters. The number of piperidine rings is 1. The maximum atomic E-state index is 9.87. The number of aliphatic hydroxyl groups excluding tert-OH is 1. The van der Waals surface area contributed by atoms with Crippen LogP contribution >= 0.6 is 0 Å². The molecule has 2 fully saturated rings. The van der Waals surface area contributed by atoms with Crippen molar-refractivity contribution in [3.05, 3.63) is 0 Å². The Morgan fingerprint density at radius 2 is 2.19 bits per heavy atom. The van der Waals surface area contributed by atoms with E-state index in [1.54, 1.807) is 0 Å². The Hall–Kier alpha value is -0.160. The lowest BCUT2D eigenvalue weighted by Crippen LogP contribution is -2.52. The highest BCUT2D eigenvalue weighted by Crippen LogP contribution is 2.38. The summed E-state index contributed by atoms with van der Waals surface area (Å²) in [4.78, 5) is 2.61. The summed E-state index contributed by atoms with van der Waals surface area (Å²) in [7, 11) is 1.81. The van der Waals surface area contributed by atoms with Crippen molar-refractivity contribution in [2.24, 2.45) is 11.8 Å². The fourth-order valence-electron chi connectivity index (χ4n) is 4.48. The molecular weight excluding hydrogens is 264 g/mol. The van der Waals surface area contributed by atoms with Crippen molar-refractivity contribution in [3.8, 4) is 0 Å². The van der Waals surface area contributed by atoms with E-state index in [4.69, 9.17) is 4.74 Å². The van der Waals surface area contributed by atoms with E-state index in [-0.39, 0.29) is 12.1 Å². The van der Waals surface area contributed by atoms with Gasteiger partial charge >= 0.3 is 0 Å². The molecule has 0 aromatic heterocycles. The Balaban J connectivity index is 1.81. The van der Waals surface area contributed by atoms with Crippen LogP contribution in [-0.4, -0.2) is 62.0 Å². The number of likely N-dealkylation sites (tertiary alicyclic amines) is 1. The quantitative estimate of drug-likeness (QED) is 0.718. The third-order valence-corrected chi connectivity index (χ3v) is 5.57. The SMILES string of the molecule is CCNC1(CO)CCCC1CCN1CCCC(COC)C1. The Kier molecular flexibility index (Phi) is 6.93. The first-order chi connectivity index (χ1) is 10.2. The Morgan fingerprint density at radius 1 is 1.33 bits per heavy atom. The highest BCUT2D eigenvalue weighted by Gasteiger charge is 2.41. The van der Waals surface area contributed by atoms with Gasteiger partial charge in [0.05, 0.1) is 13.2 Å². The van der Waals surface area contributed by atoms with Gasteiger partial charge in [-0.3, -0.25) is 0 Å². The van der Waals surface area contributed by atoms with E-state index in [1.807, 2.05) is 7.11 Å². The molecule has 124 valence electrons. The predicted octanol–water partition coefficient (Wildman–Crippen LogP) is 1.88. The maximum Gasteiger partial charge on any atom is 0.0616 e. The molecule has 4 nitrogen and oxygen atoms in total. The predicted molar refractivity (Wildman–Crippen MR) is 86.5 cm³/mol. The average molecular weight is 298 g/mol. The van der Waals surface area contributed by atoms with Crippen LogP contribution in [0.25, 0.3) is 0 Å². The zero-order valence-electron chi connectivity index (χ0n) is 13.9. The molecule has 0 bridgehead atoms. The number of likely N-dealkylation sites (N-methyl/N-ethyl adjacent to an activating group) is 1. The van der Waals surface area contributed by atoms with Crippen LogP contribution in [0.3, 0.4) is 0 Å². The lowest BCUT2D eigenvalue weighted by molar-refractivity contribution is 0.0773. The first-order valence-electron chi connectivity index (χ1n) is 8.81. The van der Waals surface area contributed by atoms with Gasteiger partial charge < -0.3 is 20.1 Å². The van der Waals surface area contributed by atoms with E-state index in [0.29, 0.717) is 11.8 Å². The largest absolute Gasteiger partial charge is 0.394 e. The second-order valence-corrected chi connectivity index (χ2v) is 6.99. The van der Waals surface area contributed by atoms with Gasteiger partial charge in [-0.15, -0.1) is 0 Å². The van der Waals surface area contributed by atoms with Gasteiger partial charge in [0.25, 0.3) is 0 Å². The molecule has 3 atom stereocenters. The van der Waals surface area contributed by atoms with Crippen LogP contribution in [0.2, 0.25) is 0 Å². The summed E-state index contributed by atoms with van der Waals surface area (Å²) in [6, 6.07) is 0. The minimum Gasteiger partial charge on any atom is -0.394 e. The van der Waals surface area contributed by atoms with Gasteiger partial charge in [-0.05, 0) is 63.6 Å². The van der Waals surface area contributed by atoms with Crippen molar-refractivity contribution in [1.29, 1.82) is 0 Å². The van der Waals surface area contributed by atoms with E-state index in [1.165, 1.54) is 51.7 Å². The van der Waals surface area contributed by atoms with Crippen LogP contribution in [0.4, 0.5) is 0 Å². The van der Waals surface area contributed by atoms with E-state index in [2.05, 4.69) is 17.1 Å². The van der Waals surface area contributed by atoms with E-state index in [9.17, 15) is 5.11 Å². The number of hydrogen-bond donors (Lipinski definition) is 2. The number of ether oxygens (including phenoxy) is 1. The van der Waals surface area contributed by atoms with Gasteiger partial charge in [-0.25, -0.2) is 0 Å². The molecule has 2 N–H and O–H groups in total.